The molecular formula is C20H12O6. The summed E-state index contributed by atoms with van der Waals surface area (Å²) in [5.74, 6) is 0.503. The third kappa shape index (κ3) is 2.63. The molecule has 2 aliphatic rings. The first-order valence-electron chi connectivity index (χ1n) is 7.73. The zero-order chi connectivity index (χ0) is 18.3. The van der Waals surface area contributed by atoms with E-state index in [0.29, 0.717) is 33.4 Å². The number of para-hydroxylation sites is 1. The summed E-state index contributed by atoms with van der Waals surface area (Å²) in [6, 6.07) is 15.7. The fourth-order valence-electron chi connectivity index (χ4n) is 3.01. The number of phenols is 1. The Bertz CT molecular complexity index is 1170. The van der Waals surface area contributed by atoms with Crippen LogP contribution in [-0.2, 0) is 0 Å². The summed E-state index contributed by atoms with van der Waals surface area (Å²) in [5.41, 5.74) is 1.96. The molecule has 6 nitrogen and oxygen atoms in total. The fraction of sp³-hybridized carbons (Fsp3) is 0. The molecule has 0 unspecified atom stereocenters. The molecule has 0 aromatic heterocycles. The van der Waals surface area contributed by atoms with Crippen molar-refractivity contribution in [3.05, 3.63) is 70.9 Å². The molecule has 6 heteroatoms. The fourth-order valence-corrected chi connectivity index (χ4v) is 3.01. The summed E-state index contributed by atoms with van der Waals surface area (Å²) in [6.07, 6.45) is -1.42. The third-order valence-corrected chi connectivity index (χ3v) is 4.03. The Balaban J connectivity index is 2.14. The normalized spacial score (nSPS) is 10.9. The Kier molecular flexibility index (Phi) is 3.58. The van der Waals surface area contributed by atoms with Crippen molar-refractivity contribution in [3.63, 3.8) is 0 Å². The van der Waals surface area contributed by atoms with Crippen LogP contribution in [0.2, 0.25) is 0 Å². The van der Waals surface area contributed by atoms with Gasteiger partial charge in [-0.05, 0) is 30.3 Å². The lowest BCUT2D eigenvalue weighted by Crippen LogP contribution is -2.05. The van der Waals surface area contributed by atoms with E-state index >= 15 is 0 Å². The predicted molar refractivity (Wildman–Crippen MR) is 94.9 cm³/mol. The maximum atomic E-state index is 11.7. The molecular weight excluding hydrogens is 336 g/mol. The Hall–Kier alpha value is -3.80. The first-order valence-corrected chi connectivity index (χ1v) is 7.73. The topological polar surface area (TPSA) is 97.0 Å². The van der Waals surface area contributed by atoms with E-state index in [9.17, 15) is 14.7 Å². The minimum absolute atomic E-state index is 0.0138. The van der Waals surface area contributed by atoms with Gasteiger partial charge in [0.15, 0.2) is 5.43 Å². The van der Waals surface area contributed by atoms with Gasteiger partial charge in [0.25, 0.3) is 0 Å². The van der Waals surface area contributed by atoms with Gasteiger partial charge in [-0.1, -0.05) is 18.2 Å². The van der Waals surface area contributed by atoms with Crippen molar-refractivity contribution in [2.45, 2.75) is 0 Å². The molecule has 0 radical (unpaired) electrons. The van der Waals surface area contributed by atoms with Gasteiger partial charge in [0.05, 0.1) is 0 Å². The van der Waals surface area contributed by atoms with Gasteiger partial charge in [-0.3, -0.25) is 4.79 Å². The number of carboxylic acid groups (broad SMARTS) is 1. The van der Waals surface area contributed by atoms with Crippen LogP contribution in [0.15, 0.2) is 69.9 Å². The van der Waals surface area contributed by atoms with Crippen LogP contribution in [0.5, 0.6) is 11.5 Å². The smallest absolute Gasteiger partial charge is 0.508 e. The predicted octanol–water partition coefficient (Wildman–Crippen LogP) is 4.33. The monoisotopic (exact) mass is 348 g/mol. The molecule has 2 aromatic carbocycles. The van der Waals surface area contributed by atoms with Crippen LogP contribution in [0.25, 0.3) is 33.4 Å². The number of carbonyl (C=O) groups is 1. The summed E-state index contributed by atoms with van der Waals surface area (Å²) in [4.78, 5) is 22.8. The second kappa shape index (κ2) is 5.93. The minimum atomic E-state index is -1.42. The Labute approximate surface area is 146 Å². The SMILES string of the molecule is O=C(O)Oc1ccccc1-c1c2ccc(=O)cc-2oc2cc(O)ccc12. The molecule has 1 heterocycles. The molecule has 0 amide bonds. The van der Waals surface area contributed by atoms with Crippen molar-refractivity contribution >= 4 is 17.1 Å². The number of aromatic hydroxyl groups is 1. The average Bonchev–Trinajstić information content (AvgIpc) is 2.59. The molecule has 0 saturated carbocycles. The van der Waals surface area contributed by atoms with Crippen LogP contribution < -0.4 is 10.2 Å². The number of ether oxygens (including phenoxy) is 1. The van der Waals surface area contributed by atoms with Crippen molar-refractivity contribution in [1.29, 1.82) is 0 Å². The zero-order valence-electron chi connectivity index (χ0n) is 13.3. The minimum Gasteiger partial charge on any atom is -0.508 e. The molecule has 128 valence electrons. The number of benzene rings is 3. The largest absolute Gasteiger partial charge is 0.511 e. The van der Waals surface area contributed by atoms with Crippen LogP contribution in [0.4, 0.5) is 4.79 Å². The third-order valence-electron chi connectivity index (χ3n) is 4.03. The van der Waals surface area contributed by atoms with Crippen molar-refractivity contribution in [3.8, 4) is 33.9 Å². The highest BCUT2D eigenvalue weighted by atomic mass is 16.7. The van der Waals surface area contributed by atoms with E-state index in [-0.39, 0.29) is 16.9 Å². The van der Waals surface area contributed by atoms with Crippen LogP contribution >= 0.6 is 0 Å². The molecule has 0 atom stereocenters. The lowest BCUT2D eigenvalue weighted by Gasteiger charge is -2.16. The van der Waals surface area contributed by atoms with Crippen molar-refractivity contribution in [2.24, 2.45) is 0 Å². The van der Waals surface area contributed by atoms with Crippen LogP contribution in [0.3, 0.4) is 0 Å². The van der Waals surface area contributed by atoms with E-state index in [4.69, 9.17) is 14.3 Å². The first-order chi connectivity index (χ1) is 12.5. The van der Waals surface area contributed by atoms with E-state index in [1.54, 1.807) is 36.4 Å². The summed E-state index contributed by atoms with van der Waals surface area (Å²) in [7, 11) is 0. The lowest BCUT2D eigenvalue weighted by molar-refractivity contribution is 0.144. The molecule has 4 rings (SSSR count). The summed E-state index contributed by atoms with van der Waals surface area (Å²) >= 11 is 0. The molecule has 1 aliphatic heterocycles. The van der Waals surface area contributed by atoms with Gasteiger partial charge in [0, 0.05) is 34.2 Å². The molecule has 2 N–H and O–H groups in total. The van der Waals surface area contributed by atoms with Gasteiger partial charge in [-0.25, -0.2) is 4.79 Å². The highest BCUT2D eigenvalue weighted by Gasteiger charge is 2.20. The Morgan fingerprint density at radius 1 is 0.962 bits per heavy atom. The summed E-state index contributed by atoms with van der Waals surface area (Å²) in [5, 5.41) is 19.4. The van der Waals surface area contributed by atoms with Gasteiger partial charge in [0.1, 0.15) is 22.8 Å². The number of fused-ring (bicyclic) bond motifs is 2. The molecule has 0 bridgehead atoms. The second-order valence-corrected chi connectivity index (χ2v) is 5.68. The molecule has 0 fully saturated rings. The first kappa shape index (κ1) is 15.7. The zero-order valence-corrected chi connectivity index (χ0v) is 13.3. The number of phenolic OH excluding ortho intramolecular Hbond substituents is 1. The Morgan fingerprint density at radius 2 is 1.77 bits per heavy atom. The second-order valence-electron chi connectivity index (χ2n) is 5.68. The van der Waals surface area contributed by atoms with E-state index in [1.807, 2.05) is 0 Å². The van der Waals surface area contributed by atoms with E-state index in [0.717, 1.165) is 0 Å². The molecule has 1 aliphatic carbocycles. The molecule has 2 aromatic rings. The van der Waals surface area contributed by atoms with Gasteiger partial charge in [-0.2, -0.15) is 0 Å². The van der Waals surface area contributed by atoms with Crippen LogP contribution in [-0.4, -0.2) is 16.4 Å². The number of hydrogen-bond donors (Lipinski definition) is 2. The number of hydrogen-bond acceptors (Lipinski definition) is 5. The standard InChI is InChI=1S/C20H12O6/c21-11-5-7-14-17(9-11)25-18-10-12(22)6-8-15(18)19(14)13-3-1-2-4-16(13)26-20(23)24/h1-10,21H,(H,23,24). The van der Waals surface area contributed by atoms with E-state index in [1.165, 1.54) is 24.3 Å². The molecule has 0 saturated heterocycles. The van der Waals surface area contributed by atoms with E-state index < -0.39 is 6.16 Å². The van der Waals surface area contributed by atoms with Crippen molar-refractivity contribution in [1.82, 2.24) is 0 Å². The van der Waals surface area contributed by atoms with Crippen molar-refractivity contribution in [2.75, 3.05) is 0 Å². The van der Waals surface area contributed by atoms with E-state index in [2.05, 4.69) is 0 Å². The van der Waals surface area contributed by atoms with Gasteiger partial charge in [-0.15, -0.1) is 0 Å². The van der Waals surface area contributed by atoms with Gasteiger partial charge < -0.3 is 19.4 Å². The lowest BCUT2D eigenvalue weighted by atomic mass is 9.93. The molecule has 26 heavy (non-hydrogen) atoms. The van der Waals surface area contributed by atoms with Crippen LogP contribution in [0, 0.1) is 0 Å². The average molecular weight is 348 g/mol. The van der Waals surface area contributed by atoms with Crippen molar-refractivity contribution < 1.29 is 24.2 Å². The highest BCUT2D eigenvalue weighted by Crippen LogP contribution is 2.43. The number of rotatable bonds is 2. The van der Waals surface area contributed by atoms with Gasteiger partial charge in [0.2, 0.25) is 0 Å². The summed E-state index contributed by atoms with van der Waals surface area (Å²) in [6.45, 7) is 0. The maximum Gasteiger partial charge on any atom is 0.511 e. The molecule has 0 spiro atoms. The Morgan fingerprint density at radius 3 is 2.58 bits per heavy atom. The highest BCUT2D eigenvalue weighted by molar-refractivity contribution is 6.03. The quantitative estimate of drug-likeness (QED) is 0.318. The summed E-state index contributed by atoms with van der Waals surface area (Å²) < 4.78 is 10.7. The maximum absolute atomic E-state index is 11.7. The van der Waals surface area contributed by atoms with Gasteiger partial charge >= 0.3 is 6.16 Å². The van der Waals surface area contributed by atoms with Crippen LogP contribution in [0.1, 0.15) is 0 Å².